The molecule has 2 rings (SSSR count). The maximum absolute atomic E-state index is 12.5. The Morgan fingerprint density at radius 3 is 2.53 bits per heavy atom. The summed E-state index contributed by atoms with van der Waals surface area (Å²) in [4.78, 5) is 0.377. The fourth-order valence-electron chi connectivity index (χ4n) is 2.21. The highest BCUT2D eigenvalue weighted by Gasteiger charge is 2.25. The van der Waals surface area contributed by atoms with Gasteiger partial charge in [0.2, 0.25) is 10.0 Å². The van der Waals surface area contributed by atoms with Gasteiger partial charge in [0.25, 0.3) is 0 Å². The monoisotopic (exact) mass is 280 g/mol. The highest BCUT2D eigenvalue weighted by Crippen LogP contribution is 2.20. The summed E-state index contributed by atoms with van der Waals surface area (Å²) in [5, 5.41) is 3.04. The second-order valence-electron chi connectivity index (χ2n) is 4.85. The Kier molecular flexibility index (Phi) is 4.39. The van der Waals surface area contributed by atoms with Gasteiger partial charge in [-0.15, -0.1) is 0 Å². The van der Waals surface area contributed by atoms with Crippen molar-refractivity contribution in [1.82, 2.24) is 9.62 Å². The fraction of sp³-hybridized carbons (Fsp3) is 0.429. The van der Waals surface area contributed by atoms with Crippen molar-refractivity contribution < 1.29 is 8.42 Å². The van der Waals surface area contributed by atoms with Crippen LogP contribution in [0.25, 0.3) is 0 Å². The predicted octanol–water partition coefficient (Wildman–Crippen LogP) is 1.75. The van der Waals surface area contributed by atoms with Gasteiger partial charge in [0, 0.05) is 19.6 Å². The van der Waals surface area contributed by atoms with E-state index in [0.717, 1.165) is 24.1 Å². The zero-order chi connectivity index (χ0) is 13.9. The van der Waals surface area contributed by atoms with Crippen LogP contribution in [0.3, 0.4) is 0 Å². The van der Waals surface area contributed by atoms with Crippen molar-refractivity contribution in [2.24, 2.45) is 0 Å². The maximum atomic E-state index is 12.5. The Morgan fingerprint density at radius 1 is 1.26 bits per heavy atom. The topological polar surface area (TPSA) is 49.4 Å². The number of nitrogens with one attached hydrogen (secondary N) is 1. The summed E-state index contributed by atoms with van der Waals surface area (Å²) >= 11 is 0. The molecule has 104 valence electrons. The van der Waals surface area contributed by atoms with Crippen LogP contribution in [-0.2, 0) is 16.6 Å². The highest BCUT2D eigenvalue weighted by atomic mass is 32.2. The van der Waals surface area contributed by atoms with Crippen molar-refractivity contribution in [3.8, 4) is 0 Å². The first-order valence-corrected chi connectivity index (χ1v) is 7.87. The molecule has 0 saturated heterocycles. The molecule has 1 N–H and O–H groups in total. The molecule has 0 radical (unpaired) electrons. The molecule has 0 saturated carbocycles. The molecule has 19 heavy (non-hydrogen) atoms. The zero-order valence-electron chi connectivity index (χ0n) is 11.4. The number of benzene rings is 1. The van der Waals surface area contributed by atoms with Gasteiger partial charge in [0.05, 0.1) is 4.90 Å². The largest absolute Gasteiger partial charge is 0.316 e. The Hall–Kier alpha value is -1.17. The summed E-state index contributed by atoms with van der Waals surface area (Å²) in [5.74, 6) is 0. The predicted molar refractivity (Wildman–Crippen MR) is 76.3 cm³/mol. The Morgan fingerprint density at radius 2 is 1.95 bits per heavy atom. The first kappa shape index (κ1) is 14.2. The summed E-state index contributed by atoms with van der Waals surface area (Å²) in [6, 6.07) is 7.09. The highest BCUT2D eigenvalue weighted by molar-refractivity contribution is 7.89. The van der Waals surface area contributed by atoms with Gasteiger partial charge in [0.1, 0.15) is 0 Å². The number of sulfonamides is 1. The Labute approximate surface area is 115 Å². The van der Waals surface area contributed by atoms with Gasteiger partial charge in [0.15, 0.2) is 0 Å². The molecular weight excluding hydrogens is 260 g/mol. The van der Waals surface area contributed by atoms with Gasteiger partial charge in [-0.3, -0.25) is 0 Å². The third-order valence-electron chi connectivity index (χ3n) is 3.24. The molecule has 1 aromatic rings. The van der Waals surface area contributed by atoms with Crippen LogP contribution < -0.4 is 5.32 Å². The van der Waals surface area contributed by atoms with Crippen LogP contribution in [0, 0.1) is 0 Å². The van der Waals surface area contributed by atoms with Crippen LogP contribution in [0.5, 0.6) is 0 Å². The number of hydrogen-bond donors (Lipinski definition) is 1. The molecule has 0 amide bonds. The summed E-state index contributed by atoms with van der Waals surface area (Å²) < 4.78 is 26.5. The van der Waals surface area contributed by atoms with E-state index in [0.29, 0.717) is 18.0 Å². The lowest BCUT2D eigenvalue weighted by molar-refractivity contribution is 0.428. The number of nitrogens with zero attached hydrogens (tertiary/aromatic N) is 1. The van der Waals surface area contributed by atoms with E-state index < -0.39 is 10.0 Å². The molecular formula is C14H20N2O2S. The van der Waals surface area contributed by atoms with Crippen LogP contribution in [0.1, 0.15) is 18.9 Å². The molecule has 0 unspecified atom stereocenters. The summed E-state index contributed by atoms with van der Waals surface area (Å²) in [6.45, 7) is 3.78. The molecule has 1 aliphatic heterocycles. The number of hydrogen-bond acceptors (Lipinski definition) is 3. The number of rotatable bonds is 4. The second kappa shape index (κ2) is 5.86. The normalized spacial score (nSPS) is 17.3. The lowest BCUT2D eigenvalue weighted by Crippen LogP contribution is -2.35. The molecule has 1 heterocycles. The van der Waals surface area contributed by atoms with Gasteiger partial charge >= 0.3 is 0 Å². The van der Waals surface area contributed by atoms with E-state index in [9.17, 15) is 8.42 Å². The third-order valence-corrected chi connectivity index (χ3v) is 5.10. The van der Waals surface area contributed by atoms with Gasteiger partial charge in [-0.1, -0.05) is 23.8 Å². The summed E-state index contributed by atoms with van der Waals surface area (Å²) in [5.41, 5.74) is 2.19. The van der Waals surface area contributed by atoms with E-state index >= 15 is 0 Å². The lowest BCUT2D eigenvalue weighted by atomic mass is 10.2. The van der Waals surface area contributed by atoms with Crippen LogP contribution in [-0.4, -0.2) is 32.9 Å². The van der Waals surface area contributed by atoms with E-state index in [1.54, 1.807) is 16.4 Å². The summed E-state index contributed by atoms with van der Waals surface area (Å²) in [6.07, 6.45) is 2.89. The third kappa shape index (κ3) is 3.23. The van der Waals surface area contributed by atoms with Gasteiger partial charge in [-0.2, -0.15) is 4.31 Å². The van der Waals surface area contributed by atoms with E-state index in [4.69, 9.17) is 0 Å². The van der Waals surface area contributed by atoms with Crippen LogP contribution in [0.15, 0.2) is 40.8 Å². The van der Waals surface area contributed by atoms with E-state index in [2.05, 4.69) is 11.4 Å². The molecule has 0 spiro atoms. The van der Waals surface area contributed by atoms with Crippen molar-refractivity contribution in [1.29, 1.82) is 0 Å². The SMILES string of the molecule is CNCc1ccc(S(=O)(=O)N2CCC=C(C)C2)cc1. The molecule has 5 heteroatoms. The first-order valence-electron chi connectivity index (χ1n) is 6.43. The van der Waals surface area contributed by atoms with Crippen molar-refractivity contribution in [2.75, 3.05) is 20.1 Å². The fourth-order valence-corrected chi connectivity index (χ4v) is 3.71. The van der Waals surface area contributed by atoms with Crippen molar-refractivity contribution >= 4 is 10.0 Å². The molecule has 0 atom stereocenters. The second-order valence-corrected chi connectivity index (χ2v) is 6.79. The summed E-state index contributed by atoms with van der Waals surface area (Å²) in [7, 11) is -1.49. The zero-order valence-corrected chi connectivity index (χ0v) is 12.2. The first-order chi connectivity index (χ1) is 9.04. The van der Waals surface area contributed by atoms with Crippen molar-refractivity contribution in [2.45, 2.75) is 24.8 Å². The average molecular weight is 280 g/mol. The molecule has 4 nitrogen and oxygen atoms in total. The molecule has 0 bridgehead atoms. The van der Waals surface area contributed by atoms with Crippen LogP contribution >= 0.6 is 0 Å². The minimum Gasteiger partial charge on any atom is -0.316 e. The van der Waals surface area contributed by atoms with Crippen molar-refractivity contribution in [3.63, 3.8) is 0 Å². The lowest BCUT2D eigenvalue weighted by Gasteiger charge is -2.25. The quantitative estimate of drug-likeness (QED) is 0.855. The minimum absolute atomic E-state index is 0.377. The molecule has 1 aromatic carbocycles. The maximum Gasteiger partial charge on any atom is 0.243 e. The smallest absolute Gasteiger partial charge is 0.243 e. The van der Waals surface area contributed by atoms with Crippen LogP contribution in [0.2, 0.25) is 0 Å². The standard InChI is InChI=1S/C14H20N2O2S/c1-12-4-3-9-16(11-12)19(17,18)14-7-5-13(6-8-14)10-15-2/h4-8,15H,3,9-11H2,1-2H3. The molecule has 0 aromatic heterocycles. The van der Waals surface area contributed by atoms with E-state index in [1.165, 1.54) is 0 Å². The van der Waals surface area contributed by atoms with E-state index in [-0.39, 0.29) is 0 Å². The van der Waals surface area contributed by atoms with E-state index in [1.807, 2.05) is 26.1 Å². The molecule has 1 aliphatic rings. The Balaban J connectivity index is 2.22. The van der Waals surface area contributed by atoms with Crippen LogP contribution in [0.4, 0.5) is 0 Å². The van der Waals surface area contributed by atoms with Gasteiger partial charge < -0.3 is 5.32 Å². The minimum atomic E-state index is -3.35. The van der Waals surface area contributed by atoms with Gasteiger partial charge in [-0.05, 0) is 38.1 Å². The van der Waals surface area contributed by atoms with Crippen molar-refractivity contribution in [3.05, 3.63) is 41.5 Å². The molecule has 0 aliphatic carbocycles. The Bertz CT molecular complexity index is 562. The average Bonchev–Trinajstić information content (AvgIpc) is 2.40. The molecule has 0 fully saturated rings. The van der Waals surface area contributed by atoms with Gasteiger partial charge in [-0.25, -0.2) is 8.42 Å².